The van der Waals surface area contributed by atoms with Gasteiger partial charge in [-0.1, -0.05) is 6.92 Å². The highest BCUT2D eigenvalue weighted by molar-refractivity contribution is 8.00. The van der Waals surface area contributed by atoms with Crippen LogP contribution in [0.15, 0.2) is 0 Å². The van der Waals surface area contributed by atoms with Gasteiger partial charge in [0, 0.05) is 0 Å². The zero-order valence-electron chi connectivity index (χ0n) is 6.26. The van der Waals surface area contributed by atoms with Crippen LogP contribution >= 0.6 is 11.8 Å². The van der Waals surface area contributed by atoms with Gasteiger partial charge in [-0.3, -0.25) is 0 Å². The summed E-state index contributed by atoms with van der Waals surface area (Å²) in [5, 5.41) is -5.16. The van der Waals surface area contributed by atoms with Gasteiger partial charge in [0.05, 0.1) is 0 Å². The van der Waals surface area contributed by atoms with Crippen LogP contribution in [0.2, 0.25) is 0 Å². The van der Waals surface area contributed by atoms with Crippen molar-refractivity contribution in [3.63, 3.8) is 0 Å². The number of hydrogen-bond donors (Lipinski definition) is 0. The topological polar surface area (TPSA) is 0 Å². The minimum atomic E-state index is -5.94. The summed E-state index contributed by atoms with van der Waals surface area (Å²) in [6, 6.07) is 0. The van der Waals surface area contributed by atoms with Crippen LogP contribution in [0.5, 0.6) is 0 Å². The predicted molar refractivity (Wildman–Crippen MR) is 34.1 cm³/mol. The van der Waals surface area contributed by atoms with Gasteiger partial charge in [0.25, 0.3) is 0 Å². The second-order valence-corrected chi connectivity index (χ2v) is 3.45. The maximum absolute atomic E-state index is 12.5. The first-order chi connectivity index (χ1) is 5.56. The van der Waals surface area contributed by atoms with Crippen LogP contribution in [-0.4, -0.2) is 23.1 Å². The third-order valence-electron chi connectivity index (χ3n) is 1.07. The Bertz CT molecular complexity index is 155. The summed E-state index contributed by atoms with van der Waals surface area (Å²) in [4.78, 5) is 0. The lowest BCUT2D eigenvalue weighted by atomic mass is 10.3. The van der Waals surface area contributed by atoms with Crippen molar-refractivity contribution >= 4 is 11.8 Å². The Morgan fingerprint density at radius 2 is 1.15 bits per heavy atom. The number of hydrogen-bond acceptors (Lipinski definition) is 1. The molecule has 0 radical (unpaired) electrons. The van der Waals surface area contributed by atoms with Crippen LogP contribution in [-0.2, 0) is 0 Å². The quantitative estimate of drug-likeness (QED) is 0.654. The molecule has 80 valence electrons. The van der Waals surface area contributed by atoms with E-state index in [1.165, 1.54) is 0 Å². The summed E-state index contributed by atoms with van der Waals surface area (Å²) in [5.74, 6) is -0.616. The Balaban J connectivity index is 4.96. The molecular formula is C5H5F7S. The van der Waals surface area contributed by atoms with E-state index < -0.39 is 34.9 Å². The number of halogens is 7. The van der Waals surface area contributed by atoms with Gasteiger partial charge >= 0.3 is 17.4 Å². The van der Waals surface area contributed by atoms with E-state index in [1.807, 2.05) is 0 Å². The van der Waals surface area contributed by atoms with Crippen LogP contribution < -0.4 is 0 Å². The molecule has 0 aliphatic heterocycles. The van der Waals surface area contributed by atoms with Crippen molar-refractivity contribution in [2.24, 2.45) is 0 Å². The fourth-order valence-electron chi connectivity index (χ4n) is 0.523. The van der Waals surface area contributed by atoms with E-state index in [0.29, 0.717) is 0 Å². The molecule has 8 heteroatoms. The Morgan fingerprint density at radius 3 is 1.23 bits per heavy atom. The standard InChI is InChI=1S/C5H5F7S/c1-2-13-3(6,4(7,8)9)5(10,11)12/h2H2,1H3. The highest BCUT2D eigenvalue weighted by Gasteiger charge is 2.72. The second-order valence-electron chi connectivity index (χ2n) is 2.02. The first-order valence-electron chi connectivity index (χ1n) is 3.02. The van der Waals surface area contributed by atoms with Crippen molar-refractivity contribution in [3.05, 3.63) is 0 Å². The average Bonchev–Trinajstić information content (AvgIpc) is 1.82. The van der Waals surface area contributed by atoms with Crippen LogP contribution in [0.1, 0.15) is 6.92 Å². The molecule has 0 fully saturated rings. The molecule has 0 atom stereocenters. The van der Waals surface area contributed by atoms with Gasteiger partial charge in [0.15, 0.2) is 0 Å². The number of rotatable bonds is 2. The fourth-order valence-corrected chi connectivity index (χ4v) is 1.25. The van der Waals surface area contributed by atoms with Crippen molar-refractivity contribution in [2.45, 2.75) is 24.3 Å². The summed E-state index contributed by atoms with van der Waals surface area (Å²) in [5.41, 5.74) is 0. The van der Waals surface area contributed by atoms with Gasteiger partial charge in [-0.05, 0) is 5.75 Å². The first kappa shape index (κ1) is 12.9. The molecule has 0 aromatic rings. The van der Waals surface area contributed by atoms with Gasteiger partial charge in [-0.15, -0.1) is 11.8 Å². The van der Waals surface area contributed by atoms with Crippen molar-refractivity contribution in [2.75, 3.05) is 5.75 Å². The third-order valence-corrected chi connectivity index (χ3v) is 2.22. The van der Waals surface area contributed by atoms with Gasteiger partial charge in [0.1, 0.15) is 0 Å². The van der Waals surface area contributed by atoms with Gasteiger partial charge < -0.3 is 0 Å². The van der Waals surface area contributed by atoms with Crippen LogP contribution in [0.25, 0.3) is 0 Å². The molecule has 0 amide bonds. The third kappa shape index (κ3) is 2.41. The zero-order valence-corrected chi connectivity index (χ0v) is 7.08. The first-order valence-corrected chi connectivity index (χ1v) is 4.01. The second kappa shape index (κ2) is 3.55. The van der Waals surface area contributed by atoms with E-state index in [1.54, 1.807) is 0 Å². The molecule has 0 spiro atoms. The highest BCUT2D eigenvalue weighted by Crippen LogP contribution is 2.52. The molecule has 0 rings (SSSR count). The molecule has 0 unspecified atom stereocenters. The minimum Gasteiger partial charge on any atom is -0.211 e. The predicted octanol–water partition coefficient (Wildman–Crippen LogP) is 3.53. The smallest absolute Gasteiger partial charge is 0.211 e. The normalized spacial score (nSPS) is 14.8. The number of thioether (sulfide) groups is 1. The van der Waals surface area contributed by atoms with Crippen molar-refractivity contribution in [1.82, 2.24) is 0 Å². The minimum absolute atomic E-state index is 0.616. The molecule has 0 aliphatic rings. The molecule has 0 saturated carbocycles. The molecule has 0 aromatic heterocycles. The lowest BCUT2D eigenvalue weighted by molar-refractivity contribution is -0.302. The Morgan fingerprint density at radius 1 is 0.846 bits per heavy atom. The summed E-state index contributed by atoms with van der Waals surface area (Å²) >= 11 is -0.824. The van der Waals surface area contributed by atoms with E-state index in [4.69, 9.17) is 0 Å². The zero-order chi connectivity index (χ0) is 10.9. The largest absolute Gasteiger partial charge is 0.441 e. The molecule has 0 nitrogen and oxygen atoms in total. The molecular weight excluding hydrogens is 225 g/mol. The van der Waals surface area contributed by atoms with Crippen molar-refractivity contribution in [3.8, 4) is 0 Å². The molecule has 0 N–H and O–H groups in total. The van der Waals surface area contributed by atoms with E-state index in [9.17, 15) is 30.7 Å². The lowest BCUT2D eigenvalue weighted by Gasteiger charge is -2.28. The van der Waals surface area contributed by atoms with Gasteiger partial charge in [-0.2, -0.15) is 26.3 Å². The highest BCUT2D eigenvalue weighted by atomic mass is 32.2. The molecule has 0 aromatic carbocycles. The van der Waals surface area contributed by atoms with Crippen molar-refractivity contribution < 1.29 is 30.7 Å². The molecule has 13 heavy (non-hydrogen) atoms. The van der Waals surface area contributed by atoms with Crippen molar-refractivity contribution in [1.29, 1.82) is 0 Å². The Kier molecular flexibility index (Phi) is 3.51. The SMILES string of the molecule is CCSC(F)(C(F)(F)F)C(F)(F)F. The van der Waals surface area contributed by atoms with E-state index in [-0.39, 0.29) is 0 Å². The van der Waals surface area contributed by atoms with Gasteiger partial charge in [-0.25, -0.2) is 4.39 Å². The lowest BCUT2D eigenvalue weighted by Crippen LogP contribution is -2.50. The summed E-state index contributed by atoms with van der Waals surface area (Å²) in [6.45, 7) is 1.01. The maximum atomic E-state index is 12.5. The molecule has 0 aliphatic carbocycles. The summed E-state index contributed by atoms with van der Waals surface area (Å²) in [7, 11) is 0. The van der Waals surface area contributed by atoms with Gasteiger partial charge in [0.2, 0.25) is 0 Å². The van der Waals surface area contributed by atoms with E-state index >= 15 is 0 Å². The summed E-state index contributed by atoms with van der Waals surface area (Å²) < 4.78 is 82.5. The summed E-state index contributed by atoms with van der Waals surface area (Å²) in [6.07, 6.45) is -11.9. The van der Waals surface area contributed by atoms with Crippen LogP contribution in [0, 0.1) is 0 Å². The monoisotopic (exact) mass is 230 g/mol. The van der Waals surface area contributed by atoms with E-state index in [2.05, 4.69) is 0 Å². The number of alkyl halides is 7. The molecule has 0 bridgehead atoms. The maximum Gasteiger partial charge on any atom is 0.441 e. The average molecular weight is 230 g/mol. The fraction of sp³-hybridized carbons (Fsp3) is 1.00. The van der Waals surface area contributed by atoms with Crippen LogP contribution in [0.3, 0.4) is 0 Å². The Labute approximate surface area is 73.5 Å². The Hall–Kier alpha value is -0.140. The van der Waals surface area contributed by atoms with E-state index in [0.717, 1.165) is 6.92 Å². The molecule has 0 saturated heterocycles. The van der Waals surface area contributed by atoms with Crippen LogP contribution in [0.4, 0.5) is 30.7 Å². The molecule has 0 heterocycles.